The van der Waals surface area contributed by atoms with Gasteiger partial charge in [0.2, 0.25) is 0 Å². The Labute approximate surface area is 105 Å². The van der Waals surface area contributed by atoms with Crippen LogP contribution in [0.15, 0.2) is 36.4 Å². The van der Waals surface area contributed by atoms with Crippen molar-refractivity contribution in [3.63, 3.8) is 0 Å². The zero-order valence-corrected chi connectivity index (χ0v) is 10.4. The molecule has 4 rings (SSSR count). The Morgan fingerprint density at radius 2 is 2.00 bits per heavy atom. The molecule has 2 nitrogen and oxygen atoms in total. The smallest absolute Gasteiger partial charge is 0.253 e. The first kappa shape index (κ1) is 9.89. The minimum atomic E-state index is -0.192. The van der Waals surface area contributed by atoms with Crippen molar-refractivity contribution >= 4 is 22.3 Å². The standard InChI is InChI=1S/C16H13NO/c1-9-3-5-11-10(7-9)4-6-12-13-8-16(13,2)17-15(18)14(11)12/h3-8H,1-2H3,(H,17,18). The van der Waals surface area contributed by atoms with Crippen LogP contribution in [-0.4, -0.2) is 11.4 Å². The molecule has 1 unspecified atom stereocenters. The lowest BCUT2D eigenvalue weighted by atomic mass is 9.90. The van der Waals surface area contributed by atoms with Crippen LogP contribution >= 0.6 is 0 Å². The molecule has 0 fully saturated rings. The van der Waals surface area contributed by atoms with Gasteiger partial charge in [0.05, 0.1) is 11.1 Å². The van der Waals surface area contributed by atoms with Gasteiger partial charge in [-0.15, -0.1) is 0 Å². The van der Waals surface area contributed by atoms with Gasteiger partial charge in [0.15, 0.2) is 0 Å². The molecule has 0 bridgehead atoms. The monoisotopic (exact) mass is 235 g/mol. The molecule has 1 N–H and O–H groups in total. The van der Waals surface area contributed by atoms with E-state index in [1.54, 1.807) is 0 Å². The second kappa shape index (κ2) is 2.83. The molecule has 2 aromatic carbocycles. The highest BCUT2D eigenvalue weighted by atomic mass is 16.2. The lowest BCUT2D eigenvalue weighted by molar-refractivity contribution is 0.0938. The minimum absolute atomic E-state index is 0.0412. The summed E-state index contributed by atoms with van der Waals surface area (Å²) in [4.78, 5) is 12.3. The molecule has 2 aromatic rings. The molecule has 0 aromatic heterocycles. The van der Waals surface area contributed by atoms with Gasteiger partial charge in [0.1, 0.15) is 0 Å². The van der Waals surface area contributed by atoms with Gasteiger partial charge in [0, 0.05) is 0 Å². The highest BCUT2D eigenvalue weighted by Crippen LogP contribution is 2.48. The van der Waals surface area contributed by atoms with E-state index in [1.807, 2.05) is 6.92 Å². The van der Waals surface area contributed by atoms with Crippen molar-refractivity contribution in [1.82, 2.24) is 5.32 Å². The molecule has 1 atom stereocenters. The Balaban J connectivity index is 2.09. The fourth-order valence-electron chi connectivity index (χ4n) is 2.93. The van der Waals surface area contributed by atoms with E-state index in [0.29, 0.717) is 0 Å². The quantitative estimate of drug-likeness (QED) is 0.747. The molecule has 2 aliphatic rings. The molecule has 0 spiro atoms. The summed E-state index contributed by atoms with van der Waals surface area (Å²) in [7, 11) is 0. The van der Waals surface area contributed by atoms with Gasteiger partial charge < -0.3 is 5.32 Å². The largest absolute Gasteiger partial charge is 0.339 e. The summed E-state index contributed by atoms with van der Waals surface area (Å²) < 4.78 is 0. The second-order valence-corrected chi connectivity index (χ2v) is 5.43. The number of rotatable bonds is 0. The van der Waals surface area contributed by atoms with Crippen molar-refractivity contribution < 1.29 is 4.79 Å². The maximum Gasteiger partial charge on any atom is 0.253 e. The molecule has 88 valence electrons. The van der Waals surface area contributed by atoms with Crippen LogP contribution in [0.4, 0.5) is 0 Å². The Morgan fingerprint density at radius 1 is 1.17 bits per heavy atom. The van der Waals surface area contributed by atoms with E-state index in [9.17, 15) is 4.79 Å². The number of hydrogen-bond donors (Lipinski definition) is 1. The van der Waals surface area contributed by atoms with Crippen LogP contribution < -0.4 is 5.32 Å². The van der Waals surface area contributed by atoms with E-state index >= 15 is 0 Å². The second-order valence-electron chi connectivity index (χ2n) is 5.43. The SMILES string of the molecule is Cc1ccc2c3c(ccc2c1)C1=CC1(C)NC3=O. The van der Waals surface area contributed by atoms with Gasteiger partial charge in [-0.2, -0.15) is 0 Å². The molecule has 2 heteroatoms. The van der Waals surface area contributed by atoms with E-state index < -0.39 is 0 Å². The zero-order valence-electron chi connectivity index (χ0n) is 10.4. The molecule has 1 heterocycles. The number of aryl methyl sites for hydroxylation is 1. The van der Waals surface area contributed by atoms with Gasteiger partial charge in [0.25, 0.3) is 5.91 Å². The van der Waals surface area contributed by atoms with Crippen molar-refractivity contribution in [2.75, 3.05) is 0 Å². The van der Waals surface area contributed by atoms with Crippen molar-refractivity contribution in [1.29, 1.82) is 0 Å². The Hall–Kier alpha value is -2.09. The highest BCUT2D eigenvalue weighted by molar-refractivity contribution is 6.17. The molecule has 18 heavy (non-hydrogen) atoms. The summed E-state index contributed by atoms with van der Waals surface area (Å²) in [6.07, 6.45) is 2.12. The molecule has 0 saturated heterocycles. The van der Waals surface area contributed by atoms with Crippen molar-refractivity contribution in [2.45, 2.75) is 19.4 Å². The van der Waals surface area contributed by atoms with Gasteiger partial charge in [-0.05, 0) is 41.8 Å². The summed E-state index contributed by atoms with van der Waals surface area (Å²) in [5, 5.41) is 5.24. The summed E-state index contributed by atoms with van der Waals surface area (Å²) in [5.74, 6) is 0.0412. The third-order valence-corrected chi connectivity index (χ3v) is 3.97. The molecule has 0 saturated carbocycles. The summed E-state index contributed by atoms with van der Waals surface area (Å²) in [5.41, 5.74) is 4.20. The van der Waals surface area contributed by atoms with E-state index in [-0.39, 0.29) is 11.4 Å². The molecule has 1 aliphatic carbocycles. The van der Waals surface area contributed by atoms with E-state index in [2.05, 4.69) is 48.6 Å². The Kier molecular flexibility index (Phi) is 1.56. The zero-order chi connectivity index (χ0) is 12.5. The van der Waals surface area contributed by atoms with Gasteiger partial charge >= 0.3 is 0 Å². The number of hydrogen-bond acceptors (Lipinski definition) is 1. The number of carbonyl (C=O) groups excluding carboxylic acids is 1. The predicted molar refractivity (Wildman–Crippen MR) is 72.5 cm³/mol. The number of benzene rings is 2. The van der Waals surface area contributed by atoms with Crippen LogP contribution in [0.2, 0.25) is 0 Å². The summed E-state index contributed by atoms with van der Waals surface area (Å²) in [6, 6.07) is 10.4. The lowest BCUT2D eigenvalue weighted by Crippen LogP contribution is -2.40. The molecule has 1 amide bonds. The number of amides is 1. The maximum atomic E-state index is 12.3. The topological polar surface area (TPSA) is 29.1 Å². The lowest BCUT2D eigenvalue weighted by Gasteiger charge is -2.24. The van der Waals surface area contributed by atoms with Crippen LogP contribution in [0.3, 0.4) is 0 Å². The third-order valence-electron chi connectivity index (χ3n) is 3.97. The number of carbonyl (C=O) groups is 1. The fourth-order valence-corrected chi connectivity index (χ4v) is 2.93. The van der Waals surface area contributed by atoms with Gasteiger partial charge in [-0.1, -0.05) is 35.9 Å². The van der Waals surface area contributed by atoms with Gasteiger partial charge in [-0.3, -0.25) is 4.79 Å². The van der Waals surface area contributed by atoms with Crippen LogP contribution in [0.5, 0.6) is 0 Å². The van der Waals surface area contributed by atoms with E-state index in [1.165, 1.54) is 11.1 Å². The average molecular weight is 235 g/mol. The van der Waals surface area contributed by atoms with Crippen LogP contribution in [0.1, 0.15) is 28.4 Å². The van der Waals surface area contributed by atoms with E-state index in [4.69, 9.17) is 0 Å². The first-order chi connectivity index (χ1) is 8.58. The van der Waals surface area contributed by atoms with Crippen molar-refractivity contribution in [3.8, 4) is 0 Å². The molecule has 1 aliphatic heterocycles. The molecule has 0 radical (unpaired) electrons. The number of nitrogens with one attached hydrogen (secondary N) is 1. The summed E-state index contributed by atoms with van der Waals surface area (Å²) >= 11 is 0. The first-order valence-electron chi connectivity index (χ1n) is 6.18. The Bertz CT molecular complexity index is 757. The highest BCUT2D eigenvalue weighted by Gasteiger charge is 2.47. The van der Waals surface area contributed by atoms with Crippen LogP contribution in [-0.2, 0) is 0 Å². The normalized spacial score (nSPS) is 24.1. The van der Waals surface area contributed by atoms with Crippen molar-refractivity contribution in [2.24, 2.45) is 0 Å². The molecular weight excluding hydrogens is 222 g/mol. The molecular formula is C16H13NO. The first-order valence-corrected chi connectivity index (χ1v) is 6.18. The van der Waals surface area contributed by atoms with Gasteiger partial charge in [-0.25, -0.2) is 0 Å². The number of fused-ring (bicyclic) bond motifs is 5. The predicted octanol–water partition coefficient (Wildman–Crippen LogP) is 3.05. The van der Waals surface area contributed by atoms with Crippen LogP contribution in [0, 0.1) is 6.92 Å². The Morgan fingerprint density at radius 3 is 2.83 bits per heavy atom. The average Bonchev–Trinajstić information content (AvgIpc) is 2.99. The fraction of sp³-hybridized carbons (Fsp3) is 0.188. The van der Waals surface area contributed by atoms with E-state index in [0.717, 1.165) is 21.9 Å². The minimum Gasteiger partial charge on any atom is -0.339 e. The maximum absolute atomic E-state index is 12.3. The summed E-state index contributed by atoms with van der Waals surface area (Å²) in [6.45, 7) is 4.11. The van der Waals surface area contributed by atoms with Crippen molar-refractivity contribution in [3.05, 3.63) is 53.1 Å². The van der Waals surface area contributed by atoms with Crippen LogP contribution in [0.25, 0.3) is 16.3 Å². The third kappa shape index (κ3) is 1.10.